The highest BCUT2D eigenvalue weighted by Crippen LogP contribution is 2.37. The summed E-state index contributed by atoms with van der Waals surface area (Å²) in [5, 5.41) is 27.5. The van der Waals surface area contributed by atoms with Crippen molar-refractivity contribution in [1.29, 1.82) is 0 Å². The van der Waals surface area contributed by atoms with E-state index in [2.05, 4.69) is 20.5 Å². The molecule has 0 saturated carbocycles. The molecule has 2 aliphatic rings. The van der Waals surface area contributed by atoms with Crippen LogP contribution in [0.5, 0.6) is 0 Å². The number of aliphatic hydroxyl groups is 1. The Bertz CT molecular complexity index is 1670. The molecule has 0 radical (unpaired) electrons. The van der Waals surface area contributed by atoms with Gasteiger partial charge in [-0.15, -0.1) is 0 Å². The van der Waals surface area contributed by atoms with Gasteiger partial charge in [0, 0.05) is 51.0 Å². The van der Waals surface area contributed by atoms with Crippen molar-refractivity contribution in [2.24, 2.45) is 7.05 Å². The number of rotatable bonds is 5. The zero-order valence-corrected chi connectivity index (χ0v) is 24.7. The van der Waals surface area contributed by atoms with Gasteiger partial charge < -0.3 is 29.9 Å². The Labute approximate surface area is 258 Å². The number of carbonyl (C=O) groups is 4. The number of hydrogen-bond acceptors (Lipinski definition) is 7. The van der Waals surface area contributed by atoms with Crippen molar-refractivity contribution in [1.82, 2.24) is 34.4 Å². The number of aryl methyl sites for hydroxylation is 1. The molecule has 0 bridgehead atoms. The van der Waals surface area contributed by atoms with E-state index in [0.29, 0.717) is 0 Å². The Morgan fingerprint density at radius 1 is 1.11 bits per heavy atom. The summed E-state index contributed by atoms with van der Waals surface area (Å²) in [4.78, 5) is 58.4. The summed E-state index contributed by atoms with van der Waals surface area (Å²) in [6.07, 6.45) is -5.79. The lowest BCUT2D eigenvalue weighted by molar-refractivity contribution is -0.140. The van der Waals surface area contributed by atoms with Crippen molar-refractivity contribution in [3.05, 3.63) is 52.2 Å². The average Bonchev–Trinajstić information content (AvgIpc) is 3.68. The number of aliphatic hydroxyl groups excluding tert-OH is 1. The van der Waals surface area contributed by atoms with Gasteiger partial charge in [0.05, 0.1) is 40.7 Å². The first-order valence-electron chi connectivity index (χ1n) is 13.7. The second-order valence-electron chi connectivity index (χ2n) is 10.7. The van der Waals surface area contributed by atoms with E-state index >= 15 is 0 Å². The molecule has 45 heavy (non-hydrogen) atoms. The predicted molar refractivity (Wildman–Crippen MR) is 152 cm³/mol. The van der Waals surface area contributed by atoms with Crippen molar-refractivity contribution in [3.8, 4) is 11.3 Å². The molecule has 2 saturated heterocycles. The van der Waals surface area contributed by atoms with Gasteiger partial charge in [-0.05, 0) is 25.1 Å². The van der Waals surface area contributed by atoms with Gasteiger partial charge in [0.1, 0.15) is 6.04 Å². The number of halogens is 4. The first kappa shape index (κ1) is 31.8. The summed E-state index contributed by atoms with van der Waals surface area (Å²) < 4.78 is 41.6. The molecule has 14 nitrogen and oxygen atoms in total. The Morgan fingerprint density at radius 3 is 2.40 bits per heavy atom. The van der Waals surface area contributed by atoms with Crippen LogP contribution >= 0.6 is 11.6 Å². The number of anilines is 1. The fourth-order valence-electron chi connectivity index (χ4n) is 5.52. The Balaban J connectivity index is 1.22. The van der Waals surface area contributed by atoms with Crippen LogP contribution in [0.25, 0.3) is 11.3 Å². The molecule has 240 valence electrons. The molecule has 3 aromatic rings. The zero-order valence-electron chi connectivity index (χ0n) is 23.9. The standard InChI is InChI=1S/C27H28ClF3N8O6/c1-13-20(21(35-34-13)27(29,30)31)19-11-32-22(36(19)2)23(41)33-14-3-4-16(17(28)9-14)24(42)37-5-7-38(8-6-37)25(43)18-10-15(40)12-39(18)26(44)45/h3-4,9,11,15,18,40H,5-8,10,12H2,1-2H3,(H,33,41)(H,34,35)(H,44,45)/t15-,18+/m1/s1. The van der Waals surface area contributed by atoms with Gasteiger partial charge in [-0.25, -0.2) is 9.78 Å². The van der Waals surface area contributed by atoms with Gasteiger partial charge in [0.2, 0.25) is 5.91 Å². The normalized spacial score (nSPS) is 18.8. The lowest BCUT2D eigenvalue weighted by atomic mass is 10.1. The Kier molecular flexibility index (Phi) is 8.50. The van der Waals surface area contributed by atoms with Gasteiger partial charge in [0.25, 0.3) is 11.8 Å². The monoisotopic (exact) mass is 652 g/mol. The lowest BCUT2D eigenvalue weighted by Crippen LogP contribution is -2.55. The first-order valence-corrected chi connectivity index (χ1v) is 14.1. The molecule has 1 aromatic carbocycles. The minimum absolute atomic E-state index is 0.00707. The minimum atomic E-state index is -4.72. The minimum Gasteiger partial charge on any atom is -0.465 e. The summed E-state index contributed by atoms with van der Waals surface area (Å²) in [6, 6.07) is 3.22. The van der Waals surface area contributed by atoms with Crippen LogP contribution in [0, 0.1) is 6.92 Å². The fourth-order valence-corrected chi connectivity index (χ4v) is 5.79. The van der Waals surface area contributed by atoms with E-state index in [1.807, 2.05) is 0 Å². The third-order valence-electron chi connectivity index (χ3n) is 7.81. The number of carboxylic acid groups (broad SMARTS) is 1. The molecule has 0 aliphatic carbocycles. The van der Waals surface area contributed by atoms with Gasteiger partial charge in [-0.3, -0.25) is 24.4 Å². The number of carbonyl (C=O) groups excluding carboxylic acids is 3. The van der Waals surface area contributed by atoms with E-state index in [9.17, 15) is 42.6 Å². The first-order chi connectivity index (χ1) is 21.2. The van der Waals surface area contributed by atoms with Crippen LogP contribution in [0.3, 0.4) is 0 Å². The number of likely N-dealkylation sites (tertiary alicyclic amines) is 1. The van der Waals surface area contributed by atoms with Crippen molar-refractivity contribution in [2.75, 3.05) is 38.0 Å². The van der Waals surface area contributed by atoms with E-state index in [0.717, 1.165) is 11.1 Å². The highest BCUT2D eigenvalue weighted by Gasteiger charge is 2.42. The van der Waals surface area contributed by atoms with Crippen molar-refractivity contribution in [3.63, 3.8) is 0 Å². The van der Waals surface area contributed by atoms with Crippen molar-refractivity contribution >= 4 is 41.1 Å². The summed E-state index contributed by atoms with van der Waals surface area (Å²) in [5.41, 5.74) is -0.838. The number of alkyl halides is 3. The van der Waals surface area contributed by atoms with E-state index < -0.39 is 47.8 Å². The zero-order chi connectivity index (χ0) is 32.8. The van der Waals surface area contributed by atoms with E-state index in [-0.39, 0.29) is 78.2 Å². The smallest absolute Gasteiger partial charge is 0.435 e. The number of aromatic amines is 1. The van der Waals surface area contributed by atoms with Gasteiger partial charge >= 0.3 is 12.3 Å². The number of hydrogen-bond donors (Lipinski definition) is 4. The maximum Gasteiger partial charge on any atom is 0.435 e. The maximum absolute atomic E-state index is 13.5. The molecule has 2 aliphatic heterocycles. The second-order valence-corrected chi connectivity index (χ2v) is 11.1. The van der Waals surface area contributed by atoms with Crippen molar-refractivity contribution < 1.29 is 42.6 Å². The highest BCUT2D eigenvalue weighted by molar-refractivity contribution is 6.34. The van der Waals surface area contributed by atoms with Crippen LogP contribution in [0.2, 0.25) is 5.02 Å². The van der Waals surface area contributed by atoms with E-state index in [1.165, 1.54) is 46.5 Å². The van der Waals surface area contributed by atoms with Crippen LogP contribution in [0.15, 0.2) is 24.4 Å². The molecule has 2 fully saturated rings. The third-order valence-corrected chi connectivity index (χ3v) is 8.12. The number of aromatic nitrogens is 4. The van der Waals surface area contributed by atoms with Crippen LogP contribution in [0.1, 0.15) is 38.8 Å². The summed E-state index contributed by atoms with van der Waals surface area (Å²) in [6.45, 7) is 1.92. The van der Waals surface area contributed by atoms with Crippen LogP contribution in [-0.4, -0.2) is 113 Å². The third kappa shape index (κ3) is 6.17. The highest BCUT2D eigenvalue weighted by atomic mass is 35.5. The van der Waals surface area contributed by atoms with Gasteiger partial charge in [-0.1, -0.05) is 11.6 Å². The average molecular weight is 653 g/mol. The van der Waals surface area contributed by atoms with Crippen LogP contribution in [0.4, 0.5) is 23.7 Å². The maximum atomic E-state index is 13.5. The molecule has 2 atom stereocenters. The molecule has 18 heteroatoms. The van der Waals surface area contributed by atoms with Gasteiger partial charge in [-0.2, -0.15) is 18.3 Å². The number of amides is 4. The largest absolute Gasteiger partial charge is 0.465 e. The van der Waals surface area contributed by atoms with Crippen LogP contribution < -0.4 is 5.32 Å². The van der Waals surface area contributed by atoms with Crippen molar-refractivity contribution in [2.45, 2.75) is 31.7 Å². The summed E-state index contributed by atoms with van der Waals surface area (Å²) in [5.74, 6) is -1.76. The molecule has 0 spiro atoms. The quantitative estimate of drug-likeness (QED) is 0.325. The van der Waals surface area contributed by atoms with E-state index in [1.54, 1.807) is 0 Å². The number of β-amino-alcohol motifs (C(OH)–C–C–N with tert-alkyl or cyclic N) is 1. The number of H-pyrrole nitrogens is 1. The lowest BCUT2D eigenvalue weighted by Gasteiger charge is -2.37. The number of benzene rings is 1. The molecule has 4 N–H and O–H groups in total. The summed E-state index contributed by atoms with van der Waals surface area (Å²) >= 11 is 6.39. The SMILES string of the molecule is Cc1[nH]nc(C(F)(F)F)c1-c1cnc(C(=O)Nc2ccc(C(=O)N3CCN(C(=O)[C@@H]4C[C@@H](O)CN4C(=O)O)CC3)c(Cl)c2)n1C. The fraction of sp³-hybridized carbons (Fsp3) is 0.407. The molecular weight excluding hydrogens is 625 g/mol. The molecule has 4 heterocycles. The number of nitrogens with zero attached hydrogens (tertiary/aromatic N) is 6. The Morgan fingerprint density at radius 2 is 1.78 bits per heavy atom. The Hall–Kier alpha value is -4.64. The van der Waals surface area contributed by atoms with Crippen LogP contribution in [-0.2, 0) is 18.0 Å². The number of nitrogens with one attached hydrogen (secondary N) is 2. The molecular formula is C27H28ClF3N8O6. The molecule has 4 amide bonds. The molecule has 0 unspecified atom stereocenters. The van der Waals surface area contributed by atoms with Gasteiger partial charge in [0.15, 0.2) is 11.5 Å². The second kappa shape index (κ2) is 12.0. The predicted octanol–water partition coefficient (Wildman–Crippen LogP) is 2.44. The van der Waals surface area contributed by atoms with E-state index in [4.69, 9.17) is 11.6 Å². The molecule has 5 rings (SSSR count). The number of imidazole rings is 1. The number of piperazine rings is 1. The topological polar surface area (TPSA) is 177 Å². The molecule has 2 aromatic heterocycles. The summed E-state index contributed by atoms with van der Waals surface area (Å²) in [7, 11) is 1.39.